The van der Waals surface area contributed by atoms with Crippen LogP contribution < -0.4 is 0 Å². The Morgan fingerprint density at radius 3 is 2.38 bits per heavy atom. The molecule has 0 aliphatic rings. The third kappa shape index (κ3) is 4.87. The van der Waals surface area contributed by atoms with E-state index in [0.29, 0.717) is 22.5 Å². The summed E-state index contributed by atoms with van der Waals surface area (Å²) in [5.74, 6) is -2.46. The number of fused-ring (bicyclic) bond motifs is 1. The molecule has 0 fully saturated rings. The van der Waals surface area contributed by atoms with E-state index in [1.165, 1.54) is 4.90 Å². The smallest absolute Gasteiger partial charge is 0.447 e. The minimum atomic E-state index is -4.69. The molecular formula is C21H22F3N5O3. The molecule has 0 N–H and O–H groups in total. The molecule has 11 heteroatoms. The van der Waals surface area contributed by atoms with Crippen molar-refractivity contribution < 1.29 is 27.5 Å². The highest BCUT2D eigenvalue weighted by molar-refractivity contribution is 5.84. The summed E-state index contributed by atoms with van der Waals surface area (Å²) in [5.41, 5.74) is 1.93. The molecule has 1 atom stereocenters. The summed E-state index contributed by atoms with van der Waals surface area (Å²) in [4.78, 5) is 33.9. The molecule has 0 radical (unpaired) electrons. The monoisotopic (exact) mass is 449 g/mol. The van der Waals surface area contributed by atoms with Gasteiger partial charge in [-0.1, -0.05) is 30.3 Å². The van der Waals surface area contributed by atoms with E-state index in [9.17, 15) is 22.8 Å². The lowest BCUT2D eigenvalue weighted by Gasteiger charge is -2.21. The van der Waals surface area contributed by atoms with E-state index in [2.05, 4.69) is 15.1 Å². The average Bonchev–Trinajstić information content (AvgIpc) is 3.16. The van der Waals surface area contributed by atoms with Gasteiger partial charge in [0.1, 0.15) is 0 Å². The standard InChI is InChI=1S/C21H22F3N5O3/c1-12-15(13(2)29-20(25-12)26-19(27-29)21(22,23)24)10-11-16(30)32-17(18(31)28(3)4)14-8-6-5-7-9-14/h5-9,17H,10-11H2,1-4H3. The Morgan fingerprint density at radius 1 is 1.12 bits per heavy atom. The van der Waals surface area contributed by atoms with Crippen LogP contribution in [-0.4, -0.2) is 50.5 Å². The molecule has 0 aliphatic heterocycles. The highest BCUT2D eigenvalue weighted by Gasteiger charge is 2.37. The van der Waals surface area contributed by atoms with Gasteiger partial charge in [0.15, 0.2) is 0 Å². The van der Waals surface area contributed by atoms with E-state index in [0.717, 1.165) is 4.52 Å². The van der Waals surface area contributed by atoms with Crippen LogP contribution in [0.1, 0.15) is 40.9 Å². The summed E-state index contributed by atoms with van der Waals surface area (Å²) >= 11 is 0. The Morgan fingerprint density at radius 2 is 1.78 bits per heavy atom. The fraction of sp³-hybridized carbons (Fsp3) is 0.381. The van der Waals surface area contributed by atoms with Crippen LogP contribution in [0.2, 0.25) is 0 Å². The lowest BCUT2D eigenvalue weighted by molar-refractivity contribution is -0.159. The summed E-state index contributed by atoms with van der Waals surface area (Å²) in [6.45, 7) is 3.21. The number of aryl methyl sites for hydroxylation is 2. The molecule has 2 heterocycles. The van der Waals surface area contributed by atoms with Gasteiger partial charge in [-0.15, -0.1) is 5.10 Å². The van der Waals surface area contributed by atoms with E-state index in [1.807, 2.05) is 0 Å². The zero-order valence-electron chi connectivity index (χ0n) is 18.0. The van der Waals surface area contributed by atoms with Crippen LogP contribution in [0.4, 0.5) is 13.2 Å². The van der Waals surface area contributed by atoms with Crippen molar-refractivity contribution in [3.8, 4) is 0 Å². The van der Waals surface area contributed by atoms with E-state index < -0.39 is 24.1 Å². The Bertz CT molecular complexity index is 1140. The van der Waals surface area contributed by atoms with Crippen molar-refractivity contribution in [2.75, 3.05) is 14.1 Å². The Labute approximate surface area is 182 Å². The minimum absolute atomic E-state index is 0.0975. The number of halogens is 3. The lowest BCUT2D eigenvalue weighted by Crippen LogP contribution is -2.31. The van der Waals surface area contributed by atoms with Crippen molar-refractivity contribution in [1.82, 2.24) is 24.5 Å². The number of esters is 1. The van der Waals surface area contributed by atoms with Crippen LogP contribution in [0.5, 0.6) is 0 Å². The predicted molar refractivity (Wildman–Crippen MR) is 108 cm³/mol. The number of likely N-dealkylation sites (N-methyl/N-ethyl adjacent to an activating group) is 1. The maximum Gasteiger partial charge on any atom is 0.453 e. The van der Waals surface area contributed by atoms with Gasteiger partial charge in [-0.3, -0.25) is 9.59 Å². The topological polar surface area (TPSA) is 89.7 Å². The number of alkyl halides is 3. The highest BCUT2D eigenvalue weighted by Crippen LogP contribution is 2.27. The number of rotatable bonds is 6. The number of hydrogen-bond acceptors (Lipinski definition) is 6. The molecule has 170 valence electrons. The second-order valence-corrected chi connectivity index (χ2v) is 7.42. The van der Waals surface area contributed by atoms with Gasteiger partial charge in [-0.05, 0) is 25.8 Å². The zero-order valence-corrected chi connectivity index (χ0v) is 18.0. The average molecular weight is 449 g/mol. The van der Waals surface area contributed by atoms with Crippen LogP contribution in [-0.2, 0) is 26.9 Å². The summed E-state index contributed by atoms with van der Waals surface area (Å²) < 4.78 is 45.3. The Balaban J connectivity index is 1.79. The summed E-state index contributed by atoms with van der Waals surface area (Å²) in [6, 6.07) is 8.63. The van der Waals surface area contributed by atoms with Crippen molar-refractivity contribution in [2.45, 2.75) is 39.0 Å². The maximum atomic E-state index is 12.9. The van der Waals surface area contributed by atoms with Crippen LogP contribution in [0.25, 0.3) is 5.78 Å². The summed E-state index contributed by atoms with van der Waals surface area (Å²) in [5, 5.41) is 3.49. The molecule has 3 rings (SSSR count). The SMILES string of the molecule is Cc1nc2nc(C(F)(F)F)nn2c(C)c1CCC(=O)OC(C(=O)N(C)C)c1ccccc1. The number of carbonyl (C=O) groups excluding carboxylic acids is 2. The van der Waals surface area contributed by atoms with Gasteiger partial charge in [0.25, 0.3) is 17.5 Å². The van der Waals surface area contributed by atoms with Crippen molar-refractivity contribution in [2.24, 2.45) is 0 Å². The number of carbonyl (C=O) groups is 2. The van der Waals surface area contributed by atoms with Gasteiger partial charge in [0.05, 0.1) is 0 Å². The fourth-order valence-corrected chi connectivity index (χ4v) is 3.23. The third-order valence-corrected chi connectivity index (χ3v) is 4.90. The van der Waals surface area contributed by atoms with Crippen LogP contribution in [0, 0.1) is 13.8 Å². The summed E-state index contributed by atoms with van der Waals surface area (Å²) in [7, 11) is 3.13. The first-order valence-corrected chi connectivity index (χ1v) is 9.74. The highest BCUT2D eigenvalue weighted by atomic mass is 19.4. The second kappa shape index (κ2) is 8.93. The first-order valence-electron chi connectivity index (χ1n) is 9.74. The largest absolute Gasteiger partial charge is 0.453 e. The molecule has 3 aromatic rings. The minimum Gasteiger partial charge on any atom is -0.447 e. The van der Waals surface area contributed by atoms with Crippen molar-refractivity contribution >= 4 is 17.7 Å². The molecular weight excluding hydrogens is 427 g/mol. The number of hydrogen-bond donors (Lipinski definition) is 0. The Hall–Kier alpha value is -3.50. The molecule has 1 amide bonds. The van der Waals surface area contributed by atoms with Crippen molar-refractivity contribution in [3.05, 3.63) is 58.7 Å². The molecule has 0 saturated carbocycles. The van der Waals surface area contributed by atoms with Crippen LogP contribution in [0.15, 0.2) is 30.3 Å². The van der Waals surface area contributed by atoms with Gasteiger partial charge in [0.2, 0.25) is 6.10 Å². The number of benzene rings is 1. The van der Waals surface area contributed by atoms with Crippen molar-refractivity contribution in [3.63, 3.8) is 0 Å². The number of aromatic nitrogens is 4. The van der Waals surface area contributed by atoms with Gasteiger partial charge >= 0.3 is 12.1 Å². The fourth-order valence-electron chi connectivity index (χ4n) is 3.23. The first-order chi connectivity index (χ1) is 15.0. The molecule has 32 heavy (non-hydrogen) atoms. The van der Waals surface area contributed by atoms with E-state index in [4.69, 9.17) is 4.74 Å². The normalized spacial score (nSPS) is 12.6. The second-order valence-electron chi connectivity index (χ2n) is 7.42. The summed E-state index contributed by atoms with van der Waals surface area (Å²) in [6.07, 6.45) is -5.73. The zero-order chi connectivity index (χ0) is 23.6. The molecule has 1 aromatic carbocycles. The van der Waals surface area contributed by atoms with Gasteiger partial charge in [-0.2, -0.15) is 18.2 Å². The molecule has 0 aliphatic carbocycles. The predicted octanol–water partition coefficient (Wildman–Crippen LogP) is 3.07. The first kappa shape index (κ1) is 23.2. The molecule has 8 nitrogen and oxygen atoms in total. The molecule has 0 bridgehead atoms. The van der Waals surface area contributed by atoms with Gasteiger partial charge in [-0.25, -0.2) is 9.50 Å². The Kier molecular flexibility index (Phi) is 6.47. The van der Waals surface area contributed by atoms with Crippen molar-refractivity contribution in [1.29, 1.82) is 0 Å². The van der Waals surface area contributed by atoms with Crippen LogP contribution >= 0.6 is 0 Å². The molecule has 0 saturated heterocycles. The molecule has 2 aromatic heterocycles. The van der Waals surface area contributed by atoms with Gasteiger partial charge in [0, 0.05) is 37.5 Å². The van der Waals surface area contributed by atoms with E-state index >= 15 is 0 Å². The number of ether oxygens (including phenoxy) is 1. The van der Waals surface area contributed by atoms with Crippen LogP contribution in [0.3, 0.4) is 0 Å². The molecule has 1 unspecified atom stereocenters. The van der Waals surface area contributed by atoms with E-state index in [-0.39, 0.29) is 24.5 Å². The third-order valence-electron chi connectivity index (χ3n) is 4.90. The maximum absolute atomic E-state index is 12.9. The lowest BCUT2D eigenvalue weighted by atomic mass is 10.1. The van der Waals surface area contributed by atoms with E-state index in [1.54, 1.807) is 58.3 Å². The number of amides is 1. The number of nitrogens with zero attached hydrogens (tertiary/aromatic N) is 5. The van der Waals surface area contributed by atoms with Gasteiger partial charge < -0.3 is 9.64 Å². The quantitative estimate of drug-likeness (QED) is 0.538. The molecule has 0 spiro atoms.